The largest absolute Gasteiger partial charge is 0.476 e. The summed E-state index contributed by atoms with van der Waals surface area (Å²) < 4.78 is 2.59. The summed E-state index contributed by atoms with van der Waals surface area (Å²) >= 11 is 4.93. The van der Waals surface area contributed by atoms with Crippen LogP contribution in [0.25, 0.3) is 16.3 Å². The summed E-state index contributed by atoms with van der Waals surface area (Å²) in [5.41, 5.74) is 1.53. The number of pyridine rings is 1. The monoisotopic (exact) mass is 349 g/mol. The van der Waals surface area contributed by atoms with Crippen LogP contribution in [0.5, 0.6) is 0 Å². The van der Waals surface area contributed by atoms with Crippen LogP contribution in [-0.2, 0) is 0 Å². The Morgan fingerprint density at radius 2 is 2.00 bits per heavy atom. The van der Waals surface area contributed by atoms with Gasteiger partial charge < -0.3 is 5.11 Å². The van der Waals surface area contributed by atoms with Gasteiger partial charge >= 0.3 is 5.97 Å². The predicted molar refractivity (Wildman–Crippen MR) is 79.3 cm³/mol. The quantitative estimate of drug-likeness (QED) is 0.786. The fourth-order valence-electron chi connectivity index (χ4n) is 1.80. The highest BCUT2D eigenvalue weighted by Gasteiger charge is 2.16. The topological polar surface area (TPSA) is 68.0 Å². The fourth-order valence-corrected chi connectivity index (χ4v) is 3.18. The number of aromatic carboxylic acids is 1. The minimum atomic E-state index is -1.05. The lowest BCUT2D eigenvalue weighted by Gasteiger charge is -2.04. The molecule has 0 fully saturated rings. The molecule has 0 radical (unpaired) electrons. The van der Waals surface area contributed by atoms with Gasteiger partial charge in [-0.05, 0) is 40.2 Å². The first-order chi connectivity index (χ1) is 9.65. The van der Waals surface area contributed by atoms with Crippen LogP contribution in [0, 0.1) is 0 Å². The van der Waals surface area contributed by atoms with Crippen molar-refractivity contribution in [3.63, 3.8) is 0 Å². The summed E-state index contributed by atoms with van der Waals surface area (Å²) in [6.07, 6.45) is 3.29. The van der Waals surface area contributed by atoms with E-state index in [2.05, 4.69) is 26.0 Å². The molecule has 0 saturated heterocycles. The van der Waals surface area contributed by atoms with E-state index in [0.29, 0.717) is 0 Å². The van der Waals surface area contributed by atoms with Crippen LogP contribution >= 0.6 is 27.3 Å². The lowest BCUT2D eigenvalue weighted by Crippen LogP contribution is -2.02. The molecule has 0 aliphatic carbocycles. The van der Waals surface area contributed by atoms with Crippen molar-refractivity contribution >= 4 is 33.2 Å². The van der Waals surface area contributed by atoms with Gasteiger partial charge in [-0.1, -0.05) is 0 Å². The van der Waals surface area contributed by atoms with Gasteiger partial charge in [-0.15, -0.1) is 11.3 Å². The van der Waals surface area contributed by atoms with Crippen LogP contribution in [0.3, 0.4) is 0 Å². The number of thiophene rings is 1. The lowest BCUT2D eigenvalue weighted by molar-refractivity contribution is 0.0690. The zero-order valence-electron chi connectivity index (χ0n) is 10.0. The maximum atomic E-state index is 11.1. The van der Waals surface area contributed by atoms with E-state index in [4.69, 9.17) is 5.11 Å². The predicted octanol–water partition coefficient (Wildman–Crippen LogP) is 3.46. The Hall–Kier alpha value is -1.99. The number of rotatable bonds is 3. The molecule has 20 heavy (non-hydrogen) atoms. The highest BCUT2D eigenvalue weighted by atomic mass is 79.9. The molecular formula is C13H8BrN3O2S. The van der Waals surface area contributed by atoms with Crippen molar-refractivity contribution in [3.8, 4) is 16.3 Å². The molecule has 0 atom stereocenters. The van der Waals surface area contributed by atoms with Gasteiger partial charge in [-0.25, -0.2) is 9.48 Å². The Morgan fingerprint density at radius 1 is 1.25 bits per heavy atom. The van der Waals surface area contributed by atoms with Gasteiger partial charge in [0.1, 0.15) is 0 Å². The third-order valence-electron chi connectivity index (χ3n) is 2.66. The number of aromatic nitrogens is 3. The van der Waals surface area contributed by atoms with Crippen LogP contribution in [0.15, 0.2) is 46.5 Å². The third-order valence-corrected chi connectivity index (χ3v) is 4.31. The Balaban J connectivity index is 2.20. The molecule has 3 rings (SSSR count). The molecule has 5 nitrogen and oxygen atoms in total. The van der Waals surface area contributed by atoms with Crippen molar-refractivity contribution < 1.29 is 9.90 Å². The molecule has 0 aromatic carbocycles. The van der Waals surface area contributed by atoms with Gasteiger partial charge in [-0.3, -0.25) is 4.98 Å². The first kappa shape index (κ1) is 13.0. The molecule has 0 amide bonds. The maximum absolute atomic E-state index is 11.1. The fraction of sp³-hybridized carbons (Fsp3) is 0. The van der Waals surface area contributed by atoms with Crippen LogP contribution in [0.1, 0.15) is 10.5 Å². The summed E-state index contributed by atoms with van der Waals surface area (Å²) in [6.45, 7) is 0. The second kappa shape index (κ2) is 5.18. The molecule has 0 bridgehead atoms. The number of carboxylic acid groups (broad SMARTS) is 1. The normalized spacial score (nSPS) is 10.7. The maximum Gasteiger partial charge on any atom is 0.356 e. The van der Waals surface area contributed by atoms with Crippen molar-refractivity contribution in [2.45, 2.75) is 0 Å². The Kier molecular flexibility index (Phi) is 3.37. The van der Waals surface area contributed by atoms with Crippen molar-refractivity contribution in [1.82, 2.24) is 14.8 Å². The smallest absolute Gasteiger partial charge is 0.356 e. The highest BCUT2D eigenvalue weighted by molar-refractivity contribution is 9.11. The second-order valence-corrected chi connectivity index (χ2v) is 6.40. The van der Waals surface area contributed by atoms with E-state index < -0.39 is 5.97 Å². The molecule has 3 aromatic heterocycles. The Labute approximate surface area is 126 Å². The molecule has 0 unspecified atom stereocenters. The first-order valence-corrected chi connectivity index (χ1v) is 7.25. The van der Waals surface area contributed by atoms with E-state index in [0.717, 1.165) is 20.0 Å². The molecule has 3 aromatic rings. The number of hydrogen-bond donors (Lipinski definition) is 1. The molecular weight excluding hydrogens is 342 g/mol. The van der Waals surface area contributed by atoms with E-state index in [1.165, 1.54) is 11.3 Å². The zero-order valence-corrected chi connectivity index (χ0v) is 12.4. The van der Waals surface area contributed by atoms with Crippen molar-refractivity contribution in [3.05, 3.63) is 52.2 Å². The highest BCUT2D eigenvalue weighted by Crippen LogP contribution is 2.32. The molecule has 3 heterocycles. The van der Waals surface area contributed by atoms with Crippen LogP contribution in [0.4, 0.5) is 0 Å². The van der Waals surface area contributed by atoms with Gasteiger partial charge in [0.2, 0.25) is 0 Å². The van der Waals surface area contributed by atoms with E-state index in [1.54, 1.807) is 35.3 Å². The summed E-state index contributed by atoms with van der Waals surface area (Å²) in [4.78, 5) is 16.0. The van der Waals surface area contributed by atoms with E-state index >= 15 is 0 Å². The van der Waals surface area contributed by atoms with Gasteiger partial charge in [0.05, 0.1) is 20.0 Å². The summed E-state index contributed by atoms with van der Waals surface area (Å²) in [5, 5.41) is 13.3. The zero-order chi connectivity index (χ0) is 14.1. The van der Waals surface area contributed by atoms with Crippen LogP contribution < -0.4 is 0 Å². The number of halogens is 1. The molecule has 0 aliphatic rings. The molecule has 0 saturated carbocycles. The van der Waals surface area contributed by atoms with Gasteiger partial charge in [-0.2, -0.15) is 5.10 Å². The number of nitrogens with zero attached hydrogens (tertiary/aromatic N) is 3. The number of carbonyl (C=O) groups is 1. The third kappa shape index (κ3) is 2.37. The van der Waals surface area contributed by atoms with Gasteiger partial charge in [0.15, 0.2) is 5.69 Å². The van der Waals surface area contributed by atoms with Crippen molar-refractivity contribution in [2.24, 2.45) is 0 Å². The average molecular weight is 350 g/mol. The number of carboxylic acids is 1. The summed E-state index contributed by atoms with van der Waals surface area (Å²) in [5.74, 6) is -1.05. The van der Waals surface area contributed by atoms with Gasteiger partial charge in [0.25, 0.3) is 0 Å². The summed E-state index contributed by atoms with van der Waals surface area (Å²) in [6, 6.07) is 8.98. The van der Waals surface area contributed by atoms with Crippen LogP contribution in [0.2, 0.25) is 0 Å². The van der Waals surface area contributed by atoms with Gasteiger partial charge in [0, 0.05) is 18.5 Å². The molecule has 0 aliphatic heterocycles. The van der Waals surface area contributed by atoms with Crippen molar-refractivity contribution in [1.29, 1.82) is 0 Å². The Bertz CT molecular complexity index is 767. The Morgan fingerprint density at radius 3 is 2.60 bits per heavy atom. The molecule has 1 N–H and O–H groups in total. The SMILES string of the molecule is O=C(O)c1cc(-c2ccc(Br)s2)n(-c2ccncc2)n1. The van der Waals surface area contributed by atoms with E-state index in [9.17, 15) is 4.79 Å². The standard InChI is InChI=1S/C13H8BrN3O2S/c14-12-2-1-11(20-12)10-7-9(13(18)19)16-17(10)8-3-5-15-6-4-8/h1-7H,(H,18,19). The van der Waals surface area contributed by atoms with E-state index in [-0.39, 0.29) is 5.69 Å². The minimum Gasteiger partial charge on any atom is -0.476 e. The second-order valence-electron chi connectivity index (χ2n) is 3.94. The van der Waals surface area contributed by atoms with Crippen LogP contribution in [-0.4, -0.2) is 25.8 Å². The lowest BCUT2D eigenvalue weighted by atomic mass is 10.3. The summed E-state index contributed by atoms with van der Waals surface area (Å²) in [7, 11) is 0. The molecule has 7 heteroatoms. The number of hydrogen-bond acceptors (Lipinski definition) is 4. The van der Waals surface area contributed by atoms with Crippen molar-refractivity contribution in [2.75, 3.05) is 0 Å². The van der Waals surface area contributed by atoms with E-state index in [1.807, 2.05) is 12.1 Å². The molecule has 100 valence electrons. The first-order valence-electron chi connectivity index (χ1n) is 5.64. The molecule has 0 spiro atoms. The minimum absolute atomic E-state index is 0.0151. The average Bonchev–Trinajstić information content (AvgIpc) is 3.05.